The Morgan fingerprint density at radius 1 is 1.18 bits per heavy atom. The number of halogens is 2. The van der Waals surface area contributed by atoms with Gasteiger partial charge in [-0.15, -0.1) is 0 Å². The van der Waals surface area contributed by atoms with E-state index < -0.39 is 0 Å². The SMILES string of the molecule is CCCCNC(=O)c1cc(-c2cc(Cl)ccc2Cl)n(CC2CCCCC2)c1C. The third-order valence-electron chi connectivity index (χ3n) is 5.80. The van der Waals surface area contributed by atoms with Crippen LogP contribution in [0.5, 0.6) is 0 Å². The van der Waals surface area contributed by atoms with Gasteiger partial charge in [0.2, 0.25) is 0 Å². The second kappa shape index (κ2) is 9.84. The van der Waals surface area contributed by atoms with Crippen molar-refractivity contribution in [3.8, 4) is 11.3 Å². The number of hydrogen-bond donors (Lipinski definition) is 1. The Hall–Kier alpha value is -1.45. The van der Waals surface area contributed by atoms with Crippen molar-refractivity contribution in [1.82, 2.24) is 9.88 Å². The lowest BCUT2D eigenvalue weighted by Gasteiger charge is -2.24. The molecule has 5 heteroatoms. The summed E-state index contributed by atoms with van der Waals surface area (Å²) in [5.41, 5.74) is 3.61. The van der Waals surface area contributed by atoms with Crippen molar-refractivity contribution in [1.29, 1.82) is 0 Å². The molecule has 3 nitrogen and oxygen atoms in total. The summed E-state index contributed by atoms with van der Waals surface area (Å²) in [6.07, 6.45) is 8.47. The molecule has 1 heterocycles. The van der Waals surface area contributed by atoms with E-state index in [1.807, 2.05) is 25.1 Å². The lowest BCUT2D eigenvalue weighted by Crippen LogP contribution is -2.25. The van der Waals surface area contributed by atoms with E-state index in [-0.39, 0.29) is 5.91 Å². The van der Waals surface area contributed by atoms with Crippen molar-refractivity contribution in [3.63, 3.8) is 0 Å². The van der Waals surface area contributed by atoms with Crippen molar-refractivity contribution in [3.05, 3.63) is 45.6 Å². The molecule has 0 aliphatic heterocycles. The van der Waals surface area contributed by atoms with Crippen LogP contribution in [0.3, 0.4) is 0 Å². The molecule has 28 heavy (non-hydrogen) atoms. The molecule has 0 spiro atoms. The van der Waals surface area contributed by atoms with Crippen LogP contribution in [0.25, 0.3) is 11.3 Å². The van der Waals surface area contributed by atoms with Gasteiger partial charge in [-0.25, -0.2) is 0 Å². The molecule has 0 atom stereocenters. The van der Waals surface area contributed by atoms with Crippen molar-refractivity contribution < 1.29 is 4.79 Å². The predicted octanol–water partition coefficient (Wildman–Crippen LogP) is 6.88. The number of carbonyl (C=O) groups is 1. The highest BCUT2D eigenvalue weighted by Gasteiger charge is 2.23. The molecule has 0 radical (unpaired) electrons. The summed E-state index contributed by atoms with van der Waals surface area (Å²) in [6, 6.07) is 7.51. The quantitative estimate of drug-likeness (QED) is 0.486. The Kier molecular flexibility index (Phi) is 7.48. The topological polar surface area (TPSA) is 34.0 Å². The summed E-state index contributed by atoms with van der Waals surface area (Å²) in [7, 11) is 0. The fourth-order valence-corrected chi connectivity index (χ4v) is 4.52. The molecule has 0 saturated heterocycles. The maximum absolute atomic E-state index is 12.8. The molecule has 0 bridgehead atoms. The molecule has 0 unspecified atom stereocenters. The van der Waals surface area contributed by atoms with Gasteiger partial charge in [0.15, 0.2) is 0 Å². The first-order chi connectivity index (χ1) is 13.5. The second-order valence-electron chi connectivity index (χ2n) is 7.88. The fourth-order valence-electron chi connectivity index (χ4n) is 4.13. The summed E-state index contributed by atoms with van der Waals surface area (Å²) in [4.78, 5) is 12.8. The summed E-state index contributed by atoms with van der Waals surface area (Å²) in [5, 5.41) is 4.36. The average molecular weight is 421 g/mol. The van der Waals surface area contributed by atoms with E-state index >= 15 is 0 Å². The van der Waals surface area contributed by atoms with Gasteiger partial charge >= 0.3 is 0 Å². The zero-order valence-electron chi connectivity index (χ0n) is 16.9. The van der Waals surface area contributed by atoms with Gasteiger partial charge in [-0.2, -0.15) is 0 Å². The molecular weight excluding hydrogens is 391 g/mol. The van der Waals surface area contributed by atoms with E-state index in [0.29, 0.717) is 22.5 Å². The first-order valence-corrected chi connectivity index (χ1v) is 11.2. The van der Waals surface area contributed by atoms with Gasteiger partial charge in [0.05, 0.1) is 11.3 Å². The van der Waals surface area contributed by atoms with Crippen LogP contribution in [0, 0.1) is 12.8 Å². The van der Waals surface area contributed by atoms with Gasteiger partial charge in [0.25, 0.3) is 5.91 Å². The molecule has 152 valence electrons. The number of aromatic nitrogens is 1. The number of hydrogen-bond acceptors (Lipinski definition) is 1. The van der Waals surface area contributed by atoms with E-state index in [9.17, 15) is 4.79 Å². The minimum absolute atomic E-state index is 0.00672. The molecule has 1 amide bonds. The molecule has 1 aromatic heterocycles. The van der Waals surface area contributed by atoms with Crippen molar-refractivity contribution in [2.24, 2.45) is 5.92 Å². The maximum atomic E-state index is 12.8. The fraction of sp³-hybridized carbons (Fsp3) is 0.522. The van der Waals surface area contributed by atoms with E-state index in [0.717, 1.165) is 41.9 Å². The van der Waals surface area contributed by atoms with Crippen LogP contribution in [0.15, 0.2) is 24.3 Å². The Morgan fingerprint density at radius 2 is 1.93 bits per heavy atom. The Labute approximate surface area is 178 Å². The average Bonchev–Trinajstić information content (AvgIpc) is 3.01. The van der Waals surface area contributed by atoms with Crippen LogP contribution in [0.1, 0.15) is 67.9 Å². The van der Waals surface area contributed by atoms with Crippen LogP contribution in [0.4, 0.5) is 0 Å². The van der Waals surface area contributed by atoms with Crippen molar-refractivity contribution in [2.75, 3.05) is 6.54 Å². The van der Waals surface area contributed by atoms with Crippen LogP contribution < -0.4 is 5.32 Å². The summed E-state index contributed by atoms with van der Waals surface area (Å²) in [6.45, 7) is 5.79. The molecule has 1 fully saturated rings. The van der Waals surface area contributed by atoms with Crippen LogP contribution >= 0.6 is 23.2 Å². The molecule has 1 aliphatic rings. The lowest BCUT2D eigenvalue weighted by molar-refractivity contribution is 0.0952. The largest absolute Gasteiger partial charge is 0.352 e. The van der Waals surface area contributed by atoms with Crippen LogP contribution in [-0.4, -0.2) is 17.0 Å². The number of nitrogens with zero attached hydrogens (tertiary/aromatic N) is 1. The monoisotopic (exact) mass is 420 g/mol. The Morgan fingerprint density at radius 3 is 2.64 bits per heavy atom. The molecular formula is C23H30Cl2N2O. The highest BCUT2D eigenvalue weighted by Crippen LogP contribution is 2.35. The molecule has 1 saturated carbocycles. The molecule has 1 aliphatic carbocycles. The summed E-state index contributed by atoms with van der Waals surface area (Å²) >= 11 is 12.8. The van der Waals surface area contributed by atoms with Gasteiger partial charge in [-0.1, -0.05) is 55.8 Å². The predicted molar refractivity (Wildman–Crippen MR) is 118 cm³/mol. The van der Waals surface area contributed by atoms with Crippen LogP contribution in [-0.2, 0) is 6.54 Å². The van der Waals surface area contributed by atoms with E-state index in [4.69, 9.17) is 23.2 Å². The zero-order chi connectivity index (χ0) is 20.1. The number of rotatable bonds is 7. The third-order valence-corrected chi connectivity index (χ3v) is 6.36. The highest BCUT2D eigenvalue weighted by atomic mass is 35.5. The third kappa shape index (κ3) is 4.93. The summed E-state index contributed by atoms with van der Waals surface area (Å²) < 4.78 is 2.28. The standard InChI is InChI=1S/C23H30Cl2N2O/c1-3-4-12-26-23(28)19-14-22(20-13-18(24)10-11-21(20)25)27(16(19)2)15-17-8-6-5-7-9-17/h10-11,13-14,17H,3-9,12,15H2,1-2H3,(H,26,28). The smallest absolute Gasteiger partial charge is 0.253 e. The first kappa shape index (κ1) is 21.3. The number of amides is 1. The minimum atomic E-state index is -0.00672. The second-order valence-corrected chi connectivity index (χ2v) is 8.72. The van der Waals surface area contributed by atoms with Crippen molar-refractivity contribution >= 4 is 29.1 Å². The van der Waals surface area contributed by atoms with Gasteiger partial charge < -0.3 is 9.88 Å². The number of unbranched alkanes of at least 4 members (excludes halogenated alkanes) is 1. The number of nitrogens with one attached hydrogen (secondary N) is 1. The Bertz CT molecular complexity index is 822. The number of benzene rings is 1. The normalized spacial score (nSPS) is 15.0. The first-order valence-electron chi connectivity index (χ1n) is 10.4. The van der Waals surface area contributed by atoms with Gasteiger partial charge in [0.1, 0.15) is 0 Å². The highest BCUT2D eigenvalue weighted by molar-refractivity contribution is 6.35. The van der Waals surface area contributed by atoms with E-state index in [2.05, 4.69) is 16.8 Å². The van der Waals surface area contributed by atoms with E-state index in [1.54, 1.807) is 6.07 Å². The maximum Gasteiger partial charge on any atom is 0.253 e. The zero-order valence-corrected chi connectivity index (χ0v) is 18.4. The Balaban J connectivity index is 1.99. The van der Waals surface area contributed by atoms with Crippen molar-refractivity contribution in [2.45, 2.75) is 65.3 Å². The molecule has 3 rings (SSSR count). The van der Waals surface area contributed by atoms with E-state index in [1.165, 1.54) is 32.1 Å². The van der Waals surface area contributed by atoms with Gasteiger partial charge in [-0.05, 0) is 56.4 Å². The number of carbonyl (C=O) groups excluding carboxylic acids is 1. The van der Waals surface area contributed by atoms with Gasteiger partial charge in [0, 0.05) is 34.4 Å². The summed E-state index contributed by atoms with van der Waals surface area (Å²) in [5.74, 6) is 0.639. The van der Waals surface area contributed by atoms with Gasteiger partial charge in [-0.3, -0.25) is 4.79 Å². The minimum Gasteiger partial charge on any atom is -0.352 e. The lowest BCUT2D eigenvalue weighted by atomic mass is 9.89. The molecule has 1 aromatic carbocycles. The molecule has 1 N–H and O–H groups in total. The molecule has 2 aromatic rings. The van der Waals surface area contributed by atoms with Crippen LogP contribution in [0.2, 0.25) is 10.0 Å².